The highest BCUT2D eigenvalue weighted by Gasteiger charge is 2.16. The first kappa shape index (κ1) is 14.1. The van der Waals surface area contributed by atoms with Gasteiger partial charge in [-0.15, -0.1) is 0 Å². The zero-order chi connectivity index (χ0) is 14.7. The van der Waals surface area contributed by atoms with Crippen molar-refractivity contribution in [2.45, 2.75) is 16.7 Å². The molecule has 0 aliphatic rings. The Morgan fingerprint density at radius 2 is 1.85 bits per heavy atom. The van der Waals surface area contributed by atoms with E-state index < -0.39 is 10.9 Å². The minimum Gasteiger partial charge on any atom is -0.545 e. The van der Waals surface area contributed by atoms with Crippen molar-refractivity contribution in [2.24, 2.45) is 0 Å². The summed E-state index contributed by atoms with van der Waals surface area (Å²) >= 11 is 1.23. The quantitative estimate of drug-likeness (QED) is 0.637. The predicted octanol–water partition coefficient (Wildman–Crippen LogP) is 2.42. The maximum absolute atomic E-state index is 11.1. The van der Waals surface area contributed by atoms with Crippen LogP contribution in [0.4, 0.5) is 5.69 Å². The highest BCUT2D eigenvalue weighted by molar-refractivity contribution is 7.99. The van der Waals surface area contributed by atoms with Crippen LogP contribution in [0.1, 0.15) is 15.9 Å². The van der Waals surface area contributed by atoms with E-state index in [1.54, 1.807) is 0 Å². The molecule has 20 heavy (non-hydrogen) atoms. The zero-order valence-electron chi connectivity index (χ0n) is 10.5. The lowest BCUT2D eigenvalue weighted by atomic mass is 10.2. The van der Waals surface area contributed by atoms with E-state index in [-0.39, 0.29) is 11.3 Å². The zero-order valence-corrected chi connectivity index (χ0v) is 11.3. The molecular formula is C14H10NO4S-. The molecule has 0 aliphatic carbocycles. The van der Waals surface area contributed by atoms with E-state index in [1.165, 1.54) is 23.9 Å². The van der Waals surface area contributed by atoms with Gasteiger partial charge in [0, 0.05) is 16.5 Å². The van der Waals surface area contributed by atoms with E-state index in [0.717, 1.165) is 16.5 Å². The van der Waals surface area contributed by atoms with Crippen LogP contribution in [-0.4, -0.2) is 10.9 Å². The molecular weight excluding hydrogens is 278 g/mol. The van der Waals surface area contributed by atoms with Crippen molar-refractivity contribution in [1.29, 1.82) is 0 Å². The molecule has 6 heteroatoms. The summed E-state index contributed by atoms with van der Waals surface area (Å²) in [7, 11) is 0. The van der Waals surface area contributed by atoms with Crippen molar-refractivity contribution in [3.63, 3.8) is 0 Å². The molecule has 0 bridgehead atoms. The molecule has 0 aliphatic heterocycles. The number of nitro benzene ring substituents is 1. The largest absolute Gasteiger partial charge is 0.545 e. The third kappa shape index (κ3) is 2.97. The Morgan fingerprint density at radius 1 is 1.15 bits per heavy atom. The predicted molar refractivity (Wildman–Crippen MR) is 72.7 cm³/mol. The Labute approximate surface area is 119 Å². The summed E-state index contributed by atoms with van der Waals surface area (Å²) in [5.74, 6) is -1.43. The number of hydrogen-bond donors (Lipinski definition) is 0. The van der Waals surface area contributed by atoms with Crippen molar-refractivity contribution in [1.82, 2.24) is 0 Å². The van der Waals surface area contributed by atoms with Crippen LogP contribution in [0.25, 0.3) is 0 Å². The van der Waals surface area contributed by atoms with Gasteiger partial charge in [0.25, 0.3) is 5.69 Å². The summed E-state index contributed by atoms with van der Waals surface area (Å²) in [6, 6.07) is 11.3. The van der Waals surface area contributed by atoms with E-state index in [4.69, 9.17) is 0 Å². The van der Waals surface area contributed by atoms with Crippen LogP contribution in [0.5, 0.6) is 0 Å². The van der Waals surface area contributed by atoms with Gasteiger partial charge in [0.15, 0.2) is 0 Å². The minimum atomic E-state index is -1.43. The first-order valence-corrected chi connectivity index (χ1v) is 6.54. The number of carboxylic acid groups (broad SMARTS) is 1. The monoisotopic (exact) mass is 288 g/mol. The molecule has 0 radical (unpaired) electrons. The van der Waals surface area contributed by atoms with Gasteiger partial charge >= 0.3 is 0 Å². The van der Waals surface area contributed by atoms with E-state index in [0.29, 0.717) is 4.90 Å². The molecule has 0 heterocycles. The van der Waals surface area contributed by atoms with Gasteiger partial charge in [0.05, 0.1) is 15.8 Å². The molecule has 5 nitrogen and oxygen atoms in total. The van der Waals surface area contributed by atoms with Crippen molar-refractivity contribution < 1.29 is 14.8 Å². The number of carbonyl (C=O) groups is 1. The van der Waals surface area contributed by atoms with Crippen LogP contribution >= 0.6 is 11.8 Å². The number of rotatable bonds is 4. The number of nitro groups is 1. The summed E-state index contributed by atoms with van der Waals surface area (Å²) < 4.78 is 0. The molecule has 0 unspecified atom stereocenters. The van der Waals surface area contributed by atoms with Gasteiger partial charge in [-0.2, -0.15) is 0 Å². The molecule has 0 spiro atoms. The second-order valence-electron chi connectivity index (χ2n) is 4.09. The lowest BCUT2D eigenvalue weighted by Gasteiger charge is -2.08. The minimum absolute atomic E-state index is 0.203. The molecule has 2 aromatic rings. The van der Waals surface area contributed by atoms with Crippen molar-refractivity contribution in [3.8, 4) is 0 Å². The van der Waals surface area contributed by atoms with Crippen LogP contribution < -0.4 is 5.11 Å². The van der Waals surface area contributed by atoms with Gasteiger partial charge in [-0.3, -0.25) is 10.1 Å². The lowest BCUT2D eigenvalue weighted by Crippen LogP contribution is -2.22. The molecule has 0 amide bonds. The van der Waals surface area contributed by atoms with Gasteiger partial charge in [0.2, 0.25) is 0 Å². The average Bonchev–Trinajstić information content (AvgIpc) is 2.41. The Kier molecular flexibility index (Phi) is 4.05. The van der Waals surface area contributed by atoms with Crippen LogP contribution in [0.2, 0.25) is 0 Å². The molecule has 0 aromatic heterocycles. The second kappa shape index (κ2) is 5.75. The SMILES string of the molecule is Cc1ccccc1Sc1ccc(C(=O)[O-])cc1[N+](=O)[O-]. The fourth-order valence-electron chi connectivity index (χ4n) is 1.66. The van der Waals surface area contributed by atoms with E-state index >= 15 is 0 Å². The first-order valence-electron chi connectivity index (χ1n) is 5.72. The number of carbonyl (C=O) groups excluding carboxylic acids is 1. The molecule has 2 rings (SSSR count). The Morgan fingerprint density at radius 3 is 2.45 bits per heavy atom. The van der Waals surface area contributed by atoms with Crippen LogP contribution in [0.3, 0.4) is 0 Å². The second-order valence-corrected chi connectivity index (χ2v) is 5.18. The molecule has 0 N–H and O–H groups in total. The maximum atomic E-state index is 11.1. The summed E-state index contributed by atoms with van der Waals surface area (Å²) in [5.41, 5.74) is 0.557. The lowest BCUT2D eigenvalue weighted by molar-refractivity contribution is -0.387. The van der Waals surface area contributed by atoms with Gasteiger partial charge in [-0.1, -0.05) is 36.0 Å². The van der Waals surface area contributed by atoms with Crippen LogP contribution in [0, 0.1) is 17.0 Å². The highest BCUT2D eigenvalue weighted by Crippen LogP contribution is 2.36. The molecule has 0 saturated carbocycles. The maximum Gasteiger partial charge on any atom is 0.283 e. The number of aryl methyl sites for hydroxylation is 1. The normalized spacial score (nSPS) is 10.2. The Bertz CT molecular complexity index is 685. The van der Waals surface area contributed by atoms with Crippen LogP contribution in [-0.2, 0) is 0 Å². The fourth-order valence-corrected chi connectivity index (χ4v) is 2.65. The summed E-state index contributed by atoms with van der Waals surface area (Å²) in [6.07, 6.45) is 0. The summed E-state index contributed by atoms with van der Waals surface area (Å²) in [6.45, 7) is 1.91. The van der Waals surface area contributed by atoms with E-state index in [2.05, 4.69) is 0 Å². The van der Waals surface area contributed by atoms with Gasteiger partial charge in [-0.05, 0) is 24.6 Å². The third-order valence-corrected chi connectivity index (χ3v) is 3.95. The summed E-state index contributed by atoms with van der Waals surface area (Å²) in [5, 5.41) is 21.8. The third-order valence-electron chi connectivity index (χ3n) is 2.70. The standard InChI is InChI=1S/C14H11NO4S/c1-9-4-2-3-5-12(9)20-13-7-6-10(14(16)17)8-11(13)15(18)19/h2-8H,1H3,(H,16,17)/p-1. The van der Waals surface area contributed by atoms with Crippen LogP contribution in [0.15, 0.2) is 52.3 Å². The Balaban J connectivity index is 2.44. The average molecular weight is 288 g/mol. The van der Waals surface area contributed by atoms with E-state index in [1.807, 2.05) is 31.2 Å². The summed E-state index contributed by atoms with van der Waals surface area (Å²) in [4.78, 5) is 22.5. The van der Waals surface area contributed by atoms with Crippen molar-refractivity contribution >= 4 is 23.4 Å². The Hall–Kier alpha value is -2.34. The molecule has 102 valence electrons. The van der Waals surface area contributed by atoms with Gasteiger partial charge in [0.1, 0.15) is 0 Å². The first-order chi connectivity index (χ1) is 9.49. The smallest absolute Gasteiger partial charge is 0.283 e. The van der Waals surface area contributed by atoms with E-state index in [9.17, 15) is 20.0 Å². The fraction of sp³-hybridized carbons (Fsp3) is 0.0714. The topological polar surface area (TPSA) is 83.3 Å². The number of carboxylic acids is 1. The molecule has 0 fully saturated rings. The number of aromatic carboxylic acids is 1. The molecule has 2 aromatic carbocycles. The molecule has 0 saturated heterocycles. The van der Waals surface area contributed by atoms with Gasteiger partial charge in [-0.25, -0.2) is 0 Å². The number of hydrogen-bond acceptors (Lipinski definition) is 5. The highest BCUT2D eigenvalue weighted by atomic mass is 32.2. The van der Waals surface area contributed by atoms with Gasteiger partial charge < -0.3 is 9.90 Å². The van der Waals surface area contributed by atoms with Crippen molar-refractivity contribution in [3.05, 3.63) is 63.7 Å². The number of nitrogens with zero attached hydrogens (tertiary/aromatic N) is 1. The molecule has 0 atom stereocenters. The number of benzene rings is 2. The van der Waals surface area contributed by atoms with Crippen molar-refractivity contribution in [2.75, 3.05) is 0 Å².